The first kappa shape index (κ1) is 31.7. The average Bonchev–Trinajstić information content (AvgIpc) is 3.51. The van der Waals surface area contributed by atoms with Crippen LogP contribution in [0.3, 0.4) is 0 Å². The highest BCUT2D eigenvalue weighted by molar-refractivity contribution is 7.09. The van der Waals surface area contributed by atoms with Crippen molar-refractivity contribution in [2.45, 2.75) is 141 Å². The largest absolute Gasteiger partial charge is 0.461 e. The molecule has 4 aliphatic rings. The monoisotopic (exact) mass is 595 g/mol. The minimum absolute atomic E-state index is 0.0428. The van der Waals surface area contributed by atoms with Gasteiger partial charge in [0, 0.05) is 23.9 Å². The summed E-state index contributed by atoms with van der Waals surface area (Å²) in [7, 11) is 0. The zero-order valence-corrected chi connectivity index (χ0v) is 27.2. The molecule has 4 saturated carbocycles. The molecule has 0 aliphatic heterocycles. The van der Waals surface area contributed by atoms with Gasteiger partial charge in [0.15, 0.2) is 0 Å². The first-order valence-electron chi connectivity index (χ1n) is 16.6. The van der Waals surface area contributed by atoms with Crippen molar-refractivity contribution >= 4 is 17.3 Å². The Bertz CT molecular complexity index is 1190. The van der Waals surface area contributed by atoms with Crippen molar-refractivity contribution in [3.8, 4) is 0 Å². The quantitative estimate of drug-likeness (QED) is 0.253. The molecule has 4 aliphatic carbocycles. The molecule has 0 spiro atoms. The van der Waals surface area contributed by atoms with Crippen LogP contribution in [0.5, 0.6) is 0 Å². The van der Waals surface area contributed by atoms with Crippen LogP contribution in [0.2, 0.25) is 0 Å². The van der Waals surface area contributed by atoms with Crippen molar-refractivity contribution in [2.24, 2.45) is 23.2 Å². The Balaban J connectivity index is 1.28. The molecule has 0 aromatic carbocycles. The Kier molecular flexibility index (Phi) is 9.86. The van der Waals surface area contributed by atoms with Crippen molar-refractivity contribution in [2.75, 3.05) is 0 Å². The van der Waals surface area contributed by atoms with Crippen LogP contribution in [-0.4, -0.2) is 39.5 Å². The van der Waals surface area contributed by atoms with Gasteiger partial charge in [0.05, 0.1) is 17.6 Å². The van der Waals surface area contributed by atoms with Gasteiger partial charge in [-0.3, -0.25) is 4.79 Å². The van der Waals surface area contributed by atoms with Crippen LogP contribution in [0.25, 0.3) is 0 Å². The molecule has 6 heteroatoms. The minimum atomic E-state index is -0.643. The molecule has 0 amide bonds. The Hall–Kier alpha value is -1.76. The second kappa shape index (κ2) is 13.1. The SMILES string of the molecule is C=C1/C(=C\C=C2/CCC[C@]3(C)[C@@H]([C@H](C)CC[C@@H](OC(=O)CCCC)C4(c5nc(C)cs5)CC4)CC[C@@H]23)C[C@@H](O)C[C@@H]1O. The Morgan fingerprint density at radius 3 is 2.71 bits per heavy atom. The molecule has 0 radical (unpaired) electrons. The number of aryl methyl sites for hydroxylation is 1. The van der Waals surface area contributed by atoms with E-state index in [0.717, 1.165) is 66.8 Å². The van der Waals surface area contributed by atoms with E-state index < -0.39 is 12.2 Å². The van der Waals surface area contributed by atoms with Gasteiger partial charge in [-0.2, -0.15) is 0 Å². The number of rotatable bonds is 11. The van der Waals surface area contributed by atoms with Crippen LogP contribution >= 0.6 is 11.3 Å². The maximum Gasteiger partial charge on any atom is 0.306 e. The van der Waals surface area contributed by atoms with Crippen LogP contribution in [-0.2, 0) is 14.9 Å². The molecule has 0 bridgehead atoms. The number of aromatic nitrogens is 1. The maximum atomic E-state index is 12.8. The van der Waals surface area contributed by atoms with Gasteiger partial charge in [0.1, 0.15) is 11.1 Å². The third-order valence-corrected chi connectivity index (χ3v) is 12.5. The number of aliphatic hydroxyl groups excluding tert-OH is 2. The van der Waals surface area contributed by atoms with E-state index in [1.54, 1.807) is 11.3 Å². The van der Waals surface area contributed by atoms with Crippen LogP contribution < -0.4 is 0 Å². The highest BCUT2D eigenvalue weighted by Gasteiger charge is 2.55. The van der Waals surface area contributed by atoms with Gasteiger partial charge in [-0.15, -0.1) is 11.3 Å². The van der Waals surface area contributed by atoms with Gasteiger partial charge in [0.25, 0.3) is 0 Å². The summed E-state index contributed by atoms with van der Waals surface area (Å²) in [6.07, 6.45) is 16.8. The summed E-state index contributed by atoms with van der Waals surface area (Å²) in [5.41, 5.74) is 4.55. The number of esters is 1. The van der Waals surface area contributed by atoms with Crippen molar-refractivity contribution in [3.63, 3.8) is 0 Å². The number of hydrogen-bond acceptors (Lipinski definition) is 6. The predicted octanol–water partition coefficient (Wildman–Crippen LogP) is 8.14. The predicted molar refractivity (Wildman–Crippen MR) is 170 cm³/mol. The molecule has 232 valence electrons. The number of hydrogen-bond donors (Lipinski definition) is 2. The second-order valence-electron chi connectivity index (χ2n) is 14.3. The standard InChI is InChI=1S/C36H53NO4S/c1-6-7-10-33(40)41-32(36(18-19-36)34-37-24(3)22-42-34)16-11-23(2)29-14-15-30-26(9-8-17-35(29,30)5)12-13-27-20-28(38)21-31(39)25(27)4/h12-13,22-23,28-32,38-39H,4,6-11,14-21H2,1-3,5H3/b26-12+,27-13-/t23-,28-,29-,30+,31+,32-,35-/m1/s1. The van der Waals surface area contributed by atoms with Crippen LogP contribution in [0.15, 0.2) is 40.8 Å². The van der Waals surface area contributed by atoms with E-state index in [1.807, 2.05) is 0 Å². The second-order valence-corrected chi connectivity index (χ2v) is 15.1. The van der Waals surface area contributed by atoms with Gasteiger partial charge in [-0.1, -0.05) is 51.5 Å². The van der Waals surface area contributed by atoms with E-state index in [9.17, 15) is 15.0 Å². The van der Waals surface area contributed by atoms with E-state index in [-0.39, 0.29) is 22.9 Å². The number of thiazole rings is 1. The molecule has 1 aromatic rings. The van der Waals surface area contributed by atoms with Crippen molar-refractivity contribution in [3.05, 3.63) is 51.5 Å². The van der Waals surface area contributed by atoms with Gasteiger partial charge in [-0.25, -0.2) is 4.98 Å². The van der Waals surface area contributed by atoms with E-state index in [1.165, 1.54) is 31.3 Å². The molecule has 1 aromatic heterocycles. The summed E-state index contributed by atoms with van der Waals surface area (Å²) < 4.78 is 6.29. The maximum absolute atomic E-state index is 12.8. The van der Waals surface area contributed by atoms with Crippen molar-refractivity contribution in [1.82, 2.24) is 4.98 Å². The van der Waals surface area contributed by atoms with E-state index in [4.69, 9.17) is 9.72 Å². The summed E-state index contributed by atoms with van der Waals surface area (Å²) >= 11 is 1.73. The Morgan fingerprint density at radius 1 is 1.24 bits per heavy atom. The number of carbonyl (C=O) groups excluding carboxylic acids is 1. The number of unbranched alkanes of at least 4 members (excludes halogenated alkanes) is 1. The van der Waals surface area contributed by atoms with Crippen LogP contribution in [0, 0.1) is 30.1 Å². The number of ether oxygens (including phenoxy) is 1. The van der Waals surface area contributed by atoms with Gasteiger partial charge in [0.2, 0.25) is 0 Å². The van der Waals surface area contributed by atoms with E-state index in [0.29, 0.717) is 37.0 Å². The summed E-state index contributed by atoms with van der Waals surface area (Å²) in [5, 5.41) is 23.8. The highest BCUT2D eigenvalue weighted by atomic mass is 32.1. The molecule has 42 heavy (non-hydrogen) atoms. The van der Waals surface area contributed by atoms with E-state index in [2.05, 4.69) is 51.8 Å². The molecule has 0 unspecified atom stereocenters. The zero-order chi connectivity index (χ0) is 30.1. The first-order chi connectivity index (χ1) is 20.1. The molecule has 2 N–H and O–H groups in total. The summed E-state index contributed by atoms with van der Waals surface area (Å²) in [6, 6.07) is 0. The number of carbonyl (C=O) groups is 1. The molecular weight excluding hydrogens is 542 g/mol. The zero-order valence-electron chi connectivity index (χ0n) is 26.4. The number of fused-ring (bicyclic) bond motifs is 1. The molecule has 7 atom stereocenters. The fraction of sp³-hybridized carbons (Fsp3) is 0.722. The minimum Gasteiger partial charge on any atom is -0.461 e. The Morgan fingerprint density at radius 2 is 2.02 bits per heavy atom. The lowest BCUT2D eigenvalue weighted by Crippen LogP contribution is -2.37. The van der Waals surface area contributed by atoms with Gasteiger partial charge >= 0.3 is 5.97 Å². The van der Waals surface area contributed by atoms with Crippen molar-refractivity contribution < 1.29 is 19.7 Å². The number of aliphatic hydroxyl groups is 2. The molecule has 5 nitrogen and oxygen atoms in total. The lowest BCUT2D eigenvalue weighted by Gasteiger charge is -2.44. The summed E-state index contributed by atoms with van der Waals surface area (Å²) in [6.45, 7) is 13.2. The fourth-order valence-electron chi connectivity index (χ4n) is 8.67. The smallest absolute Gasteiger partial charge is 0.306 e. The molecule has 4 fully saturated rings. The third kappa shape index (κ3) is 6.51. The summed E-state index contributed by atoms with van der Waals surface area (Å²) in [4.78, 5) is 17.7. The van der Waals surface area contributed by atoms with Crippen molar-refractivity contribution in [1.29, 1.82) is 0 Å². The van der Waals surface area contributed by atoms with Crippen LogP contribution in [0.1, 0.15) is 121 Å². The third-order valence-electron chi connectivity index (χ3n) is 11.3. The lowest BCUT2D eigenvalue weighted by molar-refractivity contribution is -0.151. The fourth-order valence-corrected chi connectivity index (χ4v) is 9.77. The summed E-state index contributed by atoms with van der Waals surface area (Å²) in [5.74, 6) is 1.75. The van der Waals surface area contributed by atoms with Gasteiger partial charge in [-0.05, 0) is 112 Å². The molecular formula is C36H53NO4S. The lowest BCUT2D eigenvalue weighted by atomic mass is 9.60. The molecule has 5 rings (SSSR count). The number of nitrogens with zero attached hydrogens (tertiary/aromatic N) is 1. The molecule has 1 heterocycles. The first-order valence-corrected chi connectivity index (χ1v) is 17.5. The topological polar surface area (TPSA) is 79.7 Å². The number of allylic oxidation sites excluding steroid dienone is 3. The van der Waals surface area contributed by atoms with E-state index >= 15 is 0 Å². The average molecular weight is 596 g/mol. The Labute approximate surface area is 257 Å². The normalized spacial score (nSPS) is 33.9. The van der Waals surface area contributed by atoms with Gasteiger partial charge < -0.3 is 14.9 Å². The van der Waals surface area contributed by atoms with Crippen LogP contribution in [0.4, 0.5) is 0 Å². The highest BCUT2D eigenvalue weighted by Crippen LogP contribution is 2.60. The molecule has 0 saturated heterocycles.